The van der Waals surface area contributed by atoms with Crippen LogP contribution in [-0.2, 0) is 4.57 Å². The molecule has 0 saturated heterocycles. The number of aromatic nitrogens is 2. The molecule has 4 rings (SSSR count). The van der Waals surface area contributed by atoms with Gasteiger partial charge in [0, 0.05) is 18.1 Å². The monoisotopic (exact) mass is 480 g/mol. The fraction of sp³-hybridized carbons (Fsp3) is 0.120. The molecule has 1 aromatic heterocycles. The van der Waals surface area contributed by atoms with Crippen LogP contribution in [0.2, 0.25) is 0 Å². The summed E-state index contributed by atoms with van der Waals surface area (Å²) in [4.78, 5) is 8.14. The molecule has 0 amide bonds. The molecule has 0 fully saturated rings. The number of phosphoric ester groups is 1. The summed E-state index contributed by atoms with van der Waals surface area (Å²) >= 11 is 1.70. The third kappa shape index (κ3) is 9.00. The highest BCUT2D eigenvalue weighted by Gasteiger charge is 2.33. The van der Waals surface area contributed by atoms with E-state index in [1.807, 2.05) is 24.3 Å². The predicted molar refractivity (Wildman–Crippen MR) is 132 cm³/mol. The summed E-state index contributed by atoms with van der Waals surface area (Å²) in [7, 11) is -3.89. The number of phosphoric acid groups is 1. The van der Waals surface area contributed by atoms with Gasteiger partial charge in [0.1, 0.15) is 17.2 Å². The van der Waals surface area contributed by atoms with Gasteiger partial charge in [-0.25, -0.2) is 9.97 Å². The van der Waals surface area contributed by atoms with E-state index in [9.17, 15) is 4.57 Å². The summed E-state index contributed by atoms with van der Waals surface area (Å²) < 4.78 is 29.6. The normalized spacial score (nSPS) is 10.5. The van der Waals surface area contributed by atoms with E-state index < -0.39 is 7.82 Å². The van der Waals surface area contributed by atoms with Crippen molar-refractivity contribution >= 4 is 19.6 Å². The van der Waals surface area contributed by atoms with E-state index >= 15 is 0 Å². The van der Waals surface area contributed by atoms with E-state index in [0.717, 1.165) is 10.9 Å². The van der Waals surface area contributed by atoms with Crippen molar-refractivity contribution in [2.24, 2.45) is 0 Å². The van der Waals surface area contributed by atoms with Crippen LogP contribution in [0.3, 0.4) is 0 Å². The standard InChI is InChI=1S/C18H15O4P.C7H10N2S/c19-23(20-16-10-4-1-5-11-16,21-17-12-6-2-7-13-17)22-18-14-8-3-9-15-18;1-2-6-10-7-8-4-3-5-9-7/h1-15H;3-5H,2,6H2,1H3. The predicted octanol–water partition coefficient (Wildman–Crippen LogP) is 7.31. The summed E-state index contributed by atoms with van der Waals surface area (Å²) in [5, 5.41) is 0.879. The Kier molecular flexibility index (Phi) is 9.83. The van der Waals surface area contributed by atoms with Crippen LogP contribution in [0.4, 0.5) is 0 Å². The highest BCUT2D eigenvalue weighted by Crippen LogP contribution is 2.49. The summed E-state index contributed by atoms with van der Waals surface area (Å²) in [6.45, 7) is 2.15. The number of hydrogen-bond donors (Lipinski definition) is 0. The van der Waals surface area contributed by atoms with E-state index in [1.165, 1.54) is 6.42 Å². The van der Waals surface area contributed by atoms with Crippen LogP contribution in [0, 0.1) is 0 Å². The molecule has 0 aliphatic rings. The van der Waals surface area contributed by atoms with Gasteiger partial charge in [-0.05, 0) is 48.9 Å². The maximum absolute atomic E-state index is 13.1. The average Bonchev–Trinajstić information content (AvgIpc) is 2.85. The van der Waals surface area contributed by atoms with Crippen molar-refractivity contribution in [2.75, 3.05) is 5.75 Å². The molecule has 0 unspecified atom stereocenters. The molecular formula is C25H25N2O4PS. The van der Waals surface area contributed by atoms with E-state index in [0.29, 0.717) is 17.2 Å². The lowest BCUT2D eigenvalue weighted by Gasteiger charge is -2.19. The molecule has 0 radical (unpaired) electrons. The Morgan fingerprint density at radius 1 is 0.667 bits per heavy atom. The molecule has 0 atom stereocenters. The zero-order valence-corrected chi connectivity index (χ0v) is 19.9. The molecule has 170 valence electrons. The Morgan fingerprint density at radius 3 is 1.42 bits per heavy atom. The van der Waals surface area contributed by atoms with Crippen molar-refractivity contribution in [1.82, 2.24) is 9.97 Å². The third-order valence-corrected chi connectivity index (χ3v) is 6.24. The van der Waals surface area contributed by atoms with Crippen LogP contribution in [0.25, 0.3) is 0 Å². The van der Waals surface area contributed by atoms with E-state index in [2.05, 4.69) is 16.9 Å². The molecule has 0 aliphatic heterocycles. The Balaban J connectivity index is 0.000000257. The van der Waals surface area contributed by atoms with Crippen molar-refractivity contribution in [3.8, 4) is 17.2 Å². The van der Waals surface area contributed by atoms with Gasteiger partial charge in [0.2, 0.25) is 0 Å². The molecule has 6 nitrogen and oxygen atoms in total. The van der Waals surface area contributed by atoms with Gasteiger partial charge in [0.05, 0.1) is 0 Å². The van der Waals surface area contributed by atoms with Crippen molar-refractivity contribution in [2.45, 2.75) is 18.5 Å². The molecule has 33 heavy (non-hydrogen) atoms. The van der Waals surface area contributed by atoms with Gasteiger partial charge in [-0.1, -0.05) is 73.3 Å². The Bertz CT molecular complexity index is 996. The minimum Gasteiger partial charge on any atom is -0.386 e. The van der Waals surface area contributed by atoms with Crippen molar-refractivity contribution in [3.63, 3.8) is 0 Å². The maximum Gasteiger partial charge on any atom is 0.647 e. The molecular weight excluding hydrogens is 455 g/mol. The number of hydrogen-bond acceptors (Lipinski definition) is 7. The first kappa shape index (κ1) is 24.4. The lowest BCUT2D eigenvalue weighted by molar-refractivity contribution is 0.298. The van der Waals surface area contributed by atoms with Gasteiger partial charge in [0.15, 0.2) is 5.16 Å². The molecule has 0 saturated carbocycles. The van der Waals surface area contributed by atoms with Crippen LogP contribution in [-0.4, -0.2) is 15.7 Å². The van der Waals surface area contributed by atoms with Crippen molar-refractivity contribution in [1.29, 1.82) is 0 Å². The average molecular weight is 481 g/mol. The summed E-state index contributed by atoms with van der Waals surface area (Å²) in [5.74, 6) is 2.32. The largest absolute Gasteiger partial charge is 0.647 e. The van der Waals surface area contributed by atoms with Gasteiger partial charge < -0.3 is 13.6 Å². The van der Waals surface area contributed by atoms with Crippen LogP contribution in [0.15, 0.2) is 115 Å². The minimum atomic E-state index is -3.89. The highest BCUT2D eigenvalue weighted by molar-refractivity contribution is 7.99. The van der Waals surface area contributed by atoms with Crippen LogP contribution in [0.5, 0.6) is 17.2 Å². The van der Waals surface area contributed by atoms with E-state index in [1.54, 1.807) is 97.0 Å². The minimum absolute atomic E-state index is 0.405. The SMILES string of the molecule is CCCSc1ncccn1.O=P(Oc1ccccc1)(Oc1ccccc1)Oc1ccccc1. The quantitative estimate of drug-likeness (QED) is 0.141. The van der Waals surface area contributed by atoms with Gasteiger partial charge in [-0.15, -0.1) is 0 Å². The first-order chi connectivity index (χ1) is 16.2. The molecule has 0 spiro atoms. The fourth-order valence-electron chi connectivity index (χ4n) is 2.44. The molecule has 3 aromatic carbocycles. The fourth-order valence-corrected chi connectivity index (χ4v) is 4.35. The first-order valence-electron chi connectivity index (χ1n) is 10.4. The van der Waals surface area contributed by atoms with Gasteiger partial charge in [-0.2, -0.15) is 4.57 Å². The molecule has 0 bridgehead atoms. The Hall–Kier alpha value is -3.28. The number of para-hydroxylation sites is 3. The summed E-state index contributed by atoms with van der Waals surface area (Å²) in [6.07, 6.45) is 4.71. The lowest BCUT2D eigenvalue weighted by atomic mass is 10.3. The summed E-state index contributed by atoms with van der Waals surface area (Å²) in [5.41, 5.74) is 0. The van der Waals surface area contributed by atoms with E-state index in [-0.39, 0.29) is 0 Å². The zero-order chi connectivity index (χ0) is 23.2. The number of rotatable bonds is 9. The highest BCUT2D eigenvalue weighted by atomic mass is 32.2. The van der Waals surface area contributed by atoms with Crippen molar-refractivity contribution in [3.05, 3.63) is 109 Å². The molecule has 0 aliphatic carbocycles. The van der Waals surface area contributed by atoms with Gasteiger partial charge in [0.25, 0.3) is 0 Å². The second-order valence-corrected chi connectivity index (χ2v) is 9.04. The number of benzene rings is 3. The van der Waals surface area contributed by atoms with Gasteiger partial charge >= 0.3 is 7.82 Å². The first-order valence-corrected chi connectivity index (χ1v) is 12.9. The molecule has 4 aromatic rings. The van der Waals surface area contributed by atoms with Gasteiger partial charge in [-0.3, -0.25) is 0 Å². The van der Waals surface area contributed by atoms with E-state index in [4.69, 9.17) is 13.6 Å². The lowest BCUT2D eigenvalue weighted by Crippen LogP contribution is -2.07. The number of thioether (sulfide) groups is 1. The Morgan fingerprint density at radius 2 is 1.06 bits per heavy atom. The summed E-state index contributed by atoms with van der Waals surface area (Å²) in [6, 6.07) is 28.2. The van der Waals surface area contributed by atoms with Crippen LogP contribution < -0.4 is 13.6 Å². The number of nitrogens with zero attached hydrogens (tertiary/aromatic N) is 2. The topological polar surface area (TPSA) is 70.5 Å². The maximum atomic E-state index is 13.1. The Labute approximate surface area is 198 Å². The molecule has 8 heteroatoms. The molecule has 1 heterocycles. The second kappa shape index (κ2) is 13.3. The molecule has 0 N–H and O–H groups in total. The smallest absolute Gasteiger partial charge is 0.386 e. The van der Waals surface area contributed by atoms with Crippen molar-refractivity contribution < 1.29 is 18.1 Å². The second-order valence-electron chi connectivity index (χ2n) is 6.54. The zero-order valence-electron chi connectivity index (χ0n) is 18.2. The third-order valence-electron chi connectivity index (χ3n) is 3.86. The van der Waals surface area contributed by atoms with Crippen LogP contribution >= 0.6 is 19.6 Å². The van der Waals surface area contributed by atoms with Crippen LogP contribution in [0.1, 0.15) is 13.3 Å².